The minimum atomic E-state index is -0.408. The van der Waals surface area contributed by atoms with Crippen LogP contribution in [0.25, 0.3) is 0 Å². The lowest BCUT2D eigenvalue weighted by Gasteiger charge is -2.12. The summed E-state index contributed by atoms with van der Waals surface area (Å²) < 4.78 is 0.740. The summed E-state index contributed by atoms with van der Waals surface area (Å²) in [5.41, 5.74) is 0.565. The van der Waals surface area contributed by atoms with Crippen molar-refractivity contribution in [3.63, 3.8) is 0 Å². The van der Waals surface area contributed by atoms with E-state index in [2.05, 4.69) is 5.32 Å². The second kappa shape index (κ2) is 6.63. The topological polar surface area (TPSA) is 56.0 Å². The number of thioether (sulfide) groups is 1. The Morgan fingerprint density at radius 1 is 1.30 bits per heavy atom. The molecule has 0 bridgehead atoms. The Labute approximate surface area is 126 Å². The molecule has 1 amide bonds. The van der Waals surface area contributed by atoms with Crippen LogP contribution in [0.2, 0.25) is 5.02 Å². The maximum absolute atomic E-state index is 12.1. The quantitative estimate of drug-likeness (QED) is 0.536. The van der Waals surface area contributed by atoms with Gasteiger partial charge in [-0.25, -0.2) is 0 Å². The Bertz CT molecular complexity index is 622. The molecule has 0 aliphatic carbocycles. The first-order valence-corrected chi connectivity index (χ1v) is 7.24. The van der Waals surface area contributed by atoms with E-state index in [4.69, 9.17) is 11.6 Å². The fraction of sp³-hybridized carbons (Fsp3) is 0.143. The number of nitrogens with zero attached hydrogens (tertiary/aromatic N) is 1. The van der Waals surface area contributed by atoms with E-state index in [-0.39, 0.29) is 5.91 Å². The van der Waals surface area contributed by atoms with E-state index in [0.717, 1.165) is 4.73 Å². The highest BCUT2D eigenvalue weighted by atomic mass is 35.5. The van der Waals surface area contributed by atoms with E-state index in [1.54, 1.807) is 49.4 Å². The average molecular weight is 309 g/mol. The summed E-state index contributed by atoms with van der Waals surface area (Å²) in [7, 11) is 0. The number of hydrogen-bond donors (Lipinski definition) is 1. The van der Waals surface area contributed by atoms with Gasteiger partial charge in [0, 0.05) is 12.1 Å². The molecule has 2 aromatic rings. The molecule has 0 saturated carbocycles. The van der Waals surface area contributed by atoms with Gasteiger partial charge in [-0.05, 0) is 36.9 Å². The Morgan fingerprint density at radius 3 is 2.70 bits per heavy atom. The highest BCUT2D eigenvalue weighted by molar-refractivity contribution is 8.00. The van der Waals surface area contributed by atoms with Gasteiger partial charge in [0.05, 0.1) is 16.0 Å². The van der Waals surface area contributed by atoms with Gasteiger partial charge in [0.15, 0.2) is 6.20 Å². The van der Waals surface area contributed by atoms with Crippen molar-refractivity contribution in [3.05, 3.63) is 58.9 Å². The van der Waals surface area contributed by atoms with Crippen LogP contribution in [0.15, 0.2) is 53.7 Å². The Balaban J connectivity index is 2.03. The largest absolute Gasteiger partial charge is 0.618 e. The molecule has 6 heteroatoms. The molecule has 0 unspecified atom stereocenters. The number of rotatable bonds is 4. The van der Waals surface area contributed by atoms with Gasteiger partial charge in [-0.3, -0.25) is 4.79 Å². The zero-order valence-corrected chi connectivity index (χ0v) is 12.3. The number of aromatic nitrogens is 1. The second-order valence-corrected chi connectivity index (χ2v) is 5.86. The number of benzene rings is 1. The lowest BCUT2D eigenvalue weighted by molar-refractivity contribution is -0.645. The monoisotopic (exact) mass is 308 g/mol. The van der Waals surface area contributed by atoms with Crippen LogP contribution in [0.1, 0.15) is 6.92 Å². The summed E-state index contributed by atoms with van der Waals surface area (Å²) in [6.45, 7) is 1.74. The number of amides is 1. The minimum Gasteiger partial charge on any atom is -0.618 e. The second-order valence-electron chi connectivity index (χ2n) is 4.09. The van der Waals surface area contributed by atoms with Crippen LogP contribution >= 0.6 is 23.4 Å². The first kappa shape index (κ1) is 14.7. The van der Waals surface area contributed by atoms with E-state index < -0.39 is 5.25 Å². The van der Waals surface area contributed by atoms with Crippen molar-refractivity contribution in [2.45, 2.75) is 17.2 Å². The van der Waals surface area contributed by atoms with Crippen molar-refractivity contribution < 1.29 is 9.52 Å². The zero-order valence-electron chi connectivity index (χ0n) is 10.7. The number of nitrogens with one attached hydrogen (secondary N) is 1. The van der Waals surface area contributed by atoms with Gasteiger partial charge in [0.1, 0.15) is 0 Å². The zero-order chi connectivity index (χ0) is 14.5. The molecular weight excluding hydrogens is 296 g/mol. The molecule has 0 radical (unpaired) electrons. The summed E-state index contributed by atoms with van der Waals surface area (Å²) in [6.07, 6.45) is 1.40. The van der Waals surface area contributed by atoms with Crippen molar-refractivity contribution in [2.24, 2.45) is 0 Å². The predicted molar refractivity (Wildman–Crippen MR) is 80.8 cm³/mol. The minimum absolute atomic E-state index is 0.202. The van der Waals surface area contributed by atoms with E-state index in [9.17, 15) is 10.0 Å². The normalized spacial score (nSPS) is 11.9. The molecule has 0 fully saturated rings. The van der Waals surface area contributed by atoms with Gasteiger partial charge in [0.25, 0.3) is 5.03 Å². The Hall–Kier alpha value is -1.72. The van der Waals surface area contributed by atoms with E-state index >= 15 is 0 Å². The third-order valence-electron chi connectivity index (χ3n) is 2.59. The smallest absolute Gasteiger partial charge is 0.252 e. The maximum atomic E-state index is 12.1. The number of pyridine rings is 1. The highest BCUT2D eigenvalue weighted by Crippen LogP contribution is 2.24. The summed E-state index contributed by atoms with van der Waals surface area (Å²) in [5, 5.41) is 14.8. The number of hydrogen-bond acceptors (Lipinski definition) is 3. The number of anilines is 1. The average Bonchev–Trinajstić information content (AvgIpc) is 2.43. The molecule has 1 aromatic heterocycles. The standard InChI is InChI=1S/C14H13ClN2O2S/c1-10(20-13-8-4-5-9-17(13)19)14(18)16-12-7-3-2-6-11(12)15/h2-10H,1H3,(H,16,18)/t10-/m1/s1. The molecule has 1 atom stereocenters. The molecule has 0 saturated heterocycles. The first-order valence-electron chi connectivity index (χ1n) is 5.98. The van der Waals surface area contributed by atoms with Crippen LogP contribution in [0.5, 0.6) is 0 Å². The maximum Gasteiger partial charge on any atom is 0.252 e. The highest BCUT2D eigenvalue weighted by Gasteiger charge is 2.19. The van der Waals surface area contributed by atoms with Crippen LogP contribution in [0.3, 0.4) is 0 Å². The summed E-state index contributed by atoms with van der Waals surface area (Å²) in [6, 6.07) is 12.1. The van der Waals surface area contributed by atoms with Crippen molar-refractivity contribution in [1.29, 1.82) is 0 Å². The fourth-order valence-corrected chi connectivity index (χ4v) is 2.57. The Kier molecular flexibility index (Phi) is 4.87. The third-order valence-corrected chi connectivity index (χ3v) is 4.04. The SMILES string of the molecule is C[C@@H](Sc1cccc[n+]1[O-])C(=O)Nc1ccccc1Cl. The van der Waals surface area contributed by atoms with Crippen molar-refractivity contribution in [3.8, 4) is 0 Å². The first-order chi connectivity index (χ1) is 9.58. The van der Waals surface area contributed by atoms with Crippen LogP contribution in [-0.2, 0) is 4.79 Å². The van der Waals surface area contributed by atoms with Crippen LogP contribution in [0.4, 0.5) is 5.69 Å². The lowest BCUT2D eigenvalue weighted by Crippen LogP contribution is -2.30. The molecule has 1 aromatic carbocycles. The molecule has 4 nitrogen and oxygen atoms in total. The van der Waals surface area contributed by atoms with Crippen LogP contribution < -0.4 is 10.0 Å². The van der Waals surface area contributed by atoms with Gasteiger partial charge < -0.3 is 10.5 Å². The van der Waals surface area contributed by atoms with Crippen molar-refractivity contribution in [2.75, 3.05) is 5.32 Å². The third kappa shape index (κ3) is 3.65. The molecule has 0 aliphatic rings. The molecule has 2 rings (SSSR count). The lowest BCUT2D eigenvalue weighted by atomic mass is 10.3. The van der Waals surface area contributed by atoms with Crippen molar-refractivity contribution >= 4 is 35.0 Å². The molecule has 20 heavy (non-hydrogen) atoms. The summed E-state index contributed by atoms with van der Waals surface area (Å²) >= 11 is 7.18. The summed E-state index contributed by atoms with van der Waals surface area (Å²) in [4.78, 5) is 12.1. The van der Waals surface area contributed by atoms with Gasteiger partial charge in [-0.1, -0.05) is 23.7 Å². The fourth-order valence-electron chi connectivity index (χ4n) is 1.54. The predicted octanol–water partition coefficient (Wildman–Crippen LogP) is 3.09. The van der Waals surface area contributed by atoms with Crippen LogP contribution in [-0.4, -0.2) is 11.2 Å². The molecule has 104 valence electrons. The van der Waals surface area contributed by atoms with Gasteiger partial charge in [-0.2, -0.15) is 4.73 Å². The molecule has 1 heterocycles. The summed E-state index contributed by atoms with van der Waals surface area (Å²) in [5.74, 6) is -0.202. The van der Waals surface area contributed by atoms with Gasteiger partial charge in [0.2, 0.25) is 5.91 Å². The number of carbonyl (C=O) groups excluding carboxylic acids is 1. The van der Waals surface area contributed by atoms with E-state index in [1.165, 1.54) is 18.0 Å². The molecule has 0 aliphatic heterocycles. The number of para-hydroxylation sites is 1. The van der Waals surface area contributed by atoms with E-state index in [0.29, 0.717) is 15.7 Å². The molecular formula is C14H13ClN2O2S. The van der Waals surface area contributed by atoms with Crippen LogP contribution in [0, 0.1) is 5.21 Å². The van der Waals surface area contributed by atoms with Gasteiger partial charge >= 0.3 is 0 Å². The van der Waals surface area contributed by atoms with E-state index in [1.807, 2.05) is 0 Å². The Morgan fingerprint density at radius 2 is 2.00 bits per heavy atom. The van der Waals surface area contributed by atoms with Gasteiger partial charge in [-0.15, -0.1) is 0 Å². The van der Waals surface area contributed by atoms with Crippen molar-refractivity contribution in [1.82, 2.24) is 0 Å². The molecule has 0 spiro atoms. The number of halogens is 1. The molecule has 1 N–H and O–H groups in total. The number of carbonyl (C=O) groups is 1.